The molecule has 24 heavy (non-hydrogen) atoms. The molecule has 126 valence electrons. The van der Waals surface area contributed by atoms with E-state index in [4.69, 9.17) is 11.6 Å². The predicted molar refractivity (Wildman–Crippen MR) is 90.6 cm³/mol. The van der Waals surface area contributed by atoms with E-state index in [1.54, 1.807) is 31.3 Å². The molecule has 0 radical (unpaired) electrons. The molecule has 0 spiro atoms. The lowest BCUT2D eigenvalue weighted by atomic mass is 10.1. The number of aliphatic hydroxyl groups excluding tert-OH is 1. The fourth-order valence-corrected chi connectivity index (χ4v) is 2.43. The number of carbonyl (C=O) groups excluding carboxylic acids is 1. The Labute approximate surface area is 144 Å². The molecule has 0 heterocycles. The number of carbonyl (C=O) groups is 1. The Kier molecular flexibility index (Phi) is 5.89. The van der Waals surface area contributed by atoms with Crippen molar-refractivity contribution < 1.29 is 14.8 Å². The number of nitro benzene ring substituents is 1. The third kappa shape index (κ3) is 4.53. The molecule has 6 nitrogen and oxygen atoms in total. The summed E-state index contributed by atoms with van der Waals surface area (Å²) in [7, 11) is 1.56. The van der Waals surface area contributed by atoms with E-state index in [0.717, 1.165) is 0 Å². The first-order chi connectivity index (χ1) is 11.4. The van der Waals surface area contributed by atoms with E-state index in [2.05, 4.69) is 0 Å². The third-order valence-corrected chi connectivity index (χ3v) is 3.99. The maximum Gasteiger partial charge on any atom is 0.269 e. The lowest BCUT2D eigenvalue weighted by Gasteiger charge is -2.20. The van der Waals surface area contributed by atoms with E-state index in [-0.39, 0.29) is 24.6 Å². The first-order valence-corrected chi connectivity index (χ1v) is 7.66. The van der Waals surface area contributed by atoms with E-state index in [9.17, 15) is 20.0 Å². The molecule has 0 aromatic heterocycles. The van der Waals surface area contributed by atoms with Gasteiger partial charge in [-0.1, -0.05) is 41.9 Å². The van der Waals surface area contributed by atoms with Gasteiger partial charge in [0.15, 0.2) is 0 Å². The molecule has 0 saturated carbocycles. The van der Waals surface area contributed by atoms with Crippen LogP contribution in [0.15, 0.2) is 48.5 Å². The number of halogens is 1. The molecule has 2 rings (SSSR count). The predicted octanol–water partition coefficient (Wildman–Crippen LogP) is 3.33. The van der Waals surface area contributed by atoms with Crippen molar-refractivity contribution in [2.75, 3.05) is 7.05 Å². The molecule has 0 fully saturated rings. The molecular weight excluding hydrogens is 332 g/mol. The van der Waals surface area contributed by atoms with Crippen molar-refractivity contribution in [2.45, 2.75) is 19.1 Å². The first-order valence-electron chi connectivity index (χ1n) is 7.28. The lowest BCUT2D eigenvalue weighted by molar-refractivity contribution is -0.384. The second-order valence-electron chi connectivity index (χ2n) is 5.41. The molecule has 2 aromatic carbocycles. The van der Waals surface area contributed by atoms with Gasteiger partial charge in [0.05, 0.1) is 17.4 Å². The van der Waals surface area contributed by atoms with Crippen LogP contribution >= 0.6 is 11.6 Å². The average Bonchev–Trinajstić information content (AvgIpc) is 2.57. The topological polar surface area (TPSA) is 83.7 Å². The number of rotatable bonds is 6. The Hall–Kier alpha value is -2.44. The van der Waals surface area contributed by atoms with Gasteiger partial charge >= 0.3 is 0 Å². The summed E-state index contributed by atoms with van der Waals surface area (Å²) in [6.07, 6.45) is -0.978. The highest BCUT2D eigenvalue weighted by Gasteiger charge is 2.18. The fourth-order valence-electron chi connectivity index (χ4n) is 2.25. The highest BCUT2D eigenvalue weighted by atomic mass is 35.5. The van der Waals surface area contributed by atoms with Crippen molar-refractivity contribution >= 4 is 23.2 Å². The maximum atomic E-state index is 12.3. The van der Waals surface area contributed by atoms with Gasteiger partial charge < -0.3 is 10.0 Å². The zero-order chi connectivity index (χ0) is 17.7. The summed E-state index contributed by atoms with van der Waals surface area (Å²) in [6, 6.07) is 13.0. The molecule has 0 aliphatic carbocycles. The van der Waals surface area contributed by atoms with Gasteiger partial charge in [-0.05, 0) is 17.2 Å². The Morgan fingerprint density at radius 1 is 1.29 bits per heavy atom. The van der Waals surface area contributed by atoms with Gasteiger partial charge in [0.25, 0.3) is 5.69 Å². The molecular formula is C17H17ClN2O4. The van der Waals surface area contributed by atoms with Crippen LogP contribution in [0.3, 0.4) is 0 Å². The van der Waals surface area contributed by atoms with Crippen molar-refractivity contribution in [2.24, 2.45) is 0 Å². The van der Waals surface area contributed by atoms with Crippen molar-refractivity contribution in [3.8, 4) is 0 Å². The van der Waals surface area contributed by atoms with Gasteiger partial charge in [0.1, 0.15) is 0 Å². The number of nitrogens with zero attached hydrogens (tertiary/aromatic N) is 2. The van der Waals surface area contributed by atoms with Crippen LogP contribution in [0.2, 0.25) is 5.02 Å². The van der Waals surface area contributed by atoms with Crippen molar-refractivity contribution in [3.05, 3.63) is 74.8 Å². The summed E-state index contributed by atoms with van der Waals surface area (Å²) < 4.78 is 0. The van der Waals surface area contributed by atoms with Crippen LogP contribution in [0.4, 0.5) is 5.69 Å². The number of nitro groups is 1. The molecule has 1 atom stereocenters. The third-order valence-electron chi connectivity index (χ3n) is 3.63. The van der Waals surface area contributed by atoms with Crippen LogP contribution in [-0.4, -0.2) is 27.9 Å². The van der Waals surface area contributed by atoms with Crippen LogP contribution in [0.1, 0.15) is 23.7 Å². The van der Waals surface area contributed by atoms with Gasteiger partial charge in [0, 0.05) is 30.7 Å². The zero-order valence-electron chi connectivity index (χ0n) is 13.1. The van der Waals surface area contributed by atoms with Gasteiger partial charge in [-0.25, -0.2) is 0 Å². The van der Waals surface area contributed by atoms with E-state index in [0.29, 0.717) is 16.1 Å². The Balaban J connectivity index is 2.04. The van der Waals surface area contributed by atoms with Crippen molar-refractivity contribution in [3.63, 3.8) is 0 Å². The summed E-state index contributed by atoms with van der Waals surface area (Å²) in [6.45, 7) is 0.126. The number of benzene rings is 2. The quantitative estimate of drug-likeness (QED) is 0.641. The Morgan fingerprint density at radius 3 is 2.58 bits per heavy atom. The minimum Gasteiger partial charge on any atom is -0.388 e. The fraction of sp³-hybridized carbons (Fsp3) is 0.235. The van der Waals surface area contributed by atoms with Crippen LogP contribution in [0.25, 0.3) is 0 Å². The normalized spacial score (nSPS) is 11.8. The minimum absolute atomic E-state index is 0.0763. The average molecular weight is 349 g/mol. The number of aliphatic hydroxyl groups is 1. The molecule has 0 aliphatic heterocycles. The SMILES string of the molecule is CN(Cc1cc([N+](=O)[O-])ccc1Cl)C(=O)CC(O)c1ccccc1. The van der Waals surface area contributed by atoms with Gasteiger partial charge in [-0.2, -0.15) is 0 Å². The smallest absolute Gasteiger partial charge is 0.269 e. The van der Waals surface area contributed by atoms with Gasteiger partial charge in [-0.3, -0.25) is 14.9 Å². The summed E-state index contributed by atoms with van der Waals surface area (Å²) in [5.41, 5.74) is 1.06. The van der Waals surface area contributed by atoms with Crippen LogP contribution in [0, 0.1) is 10.1 Å². The summed E-state index contributed by atoms with van der Waals surface area (Å²) >= 11 is 6.04. The summed E-state index contributed by atoms with van der Waals surface area (Å²) in [4.78, 5) is 24.0. The number of amides is 1. The molecule has 1 N–H and O–H groups in total. The number of hydrogen-bond donors (Lipinski definition) is 1. The van der Waals surface area contributed by atoms with E-state index in [1.807, 2.05) is 6.07 Å². The maximum absolute atomic E-state index is 12.3. The molecule has 7 heteroatoms. The molecule has 0 aliphatic rings. The molecule has 0 bridgehead atoms. The monoisotopic (exact) mass is 348 g/mol. The largest absolute Gasteiger partial charge is 0.388 e. The van der Waals surface area contributed by atoms with Crippen molar-refractivity contribution in [1.29, 1.82) is 0 Å². The van der Waals surface area contributed by atoms with Crippen molar-refractivity contribution in [1.82, 2.24) is 4.90 Å². The molecule has 1 unspecified atom stereocenters. The Morgan fingerprint density at radius 2 is 1.96 bits per heavy atom. The van der Waals surface area contributed by atoms with E-state index < -0.39 is 11.0 Å². The molecule has 0 saturated heterocycles. The Bertz CT molecular complexity index is 737. The number of non-ortho nitro benzene ring substituents is 1. The molecule has 1 amide bonds. The van der Waals surface area contributed by atoms with E-state index in [1.165, 1.54) is 23.1 Å². The van der Waals surface area contributed by atoms with Gasteiger partial charge in [0.2, 0.25) is 5.91 Å². The highest BCUT2D eigenvalue weighted by Crippen LogP contribution is 2.24. The summed E-state index contributed by atoms with van der Waals surface area (Å²) in [5, 5.41) is 21.3. The lowest BCUT2D eigenvalue weighted by Crippen LogP contribution is -2.27. The highest BCUT2D eigenvalue weighted by molar-refractivity contribution is 6.31. The standard InChI is InChI=1S/C17H17ClN2O4/c1-19(11-13-9-14(20(23)24)7-8-15(13)18)17(22)10-16(21)12-5-3-2-4-6-12/h2-9,16,21H,10-11H2,1H3. The van der Waals surface area contributed by atoms with Crippen LogP contribution in [0.5, 0.6) is 0 Å². The van der Waals surface area contributed by atoms with Crippen LogP contribution in [-0.2, 0) is 11.3 Å². The summed E-state index contributed by atoms with van der Waals surface area (Å²) in [5.74, 6) is -0.283. The minimum atomic E-state index is -0.901. The molecule has 2 aromatic rings. The number of hydrogen-bond acceptors (Lipinski definition) is 4. The zero-order valence-corrected chi connectivity index (χ0v) is 13.8. The second-order valence-corrected chi connectivity index (χ2v) is 5.82. The van der Waals surface area contributed by atoms with E-state index >= 15 is 0 Å². The van der Waals surface area contributed by atoms with Gasteiger partial charge in [-0.15, -0.1) is 0 Å². The first kappa shape index (κ1) is 17.9. The van der Waals surface area contributed by atoms with Crippen LogP contribution < -0.4 is 0 Å². The second kappa shape index (κ2) is 7.90.